The number of alkyl halides is 2. The van der Waals surface area contributed by atoms with Crippen LogP contribution in [0.3, 0.4) is 0 Å². The molecule has 0 aromatic heterocycles. The third kappa shape index (κ3) is 2.85. The van der Waals surface area contributed by atoms with Gasteiger partial charge >= 0.3 is 0 Å². The van der Waals surface area contributed by atoms with Crippen molar-refractivity contribution in [2.24, 2.45) is 5.92 Å². The Kier molecular flexibility index (Phi) is 2.77. The number of likely N-dealkylation sites (tertiary alicyclic amines) is 1. The van der Waals surface area contributed by atoms with Crippen LogP contribution in [-0.2, 0) is 4.79 Å². The second kappa shape index (κ2) is 3.47. The Morgan fingerprint density at radius 3 is 2.75 bits per heavy atom. The molecule has 70 valence electrons. The molecule has 4 heteroatoms. The van der Waals surface area contributed by atoms with Gasteiger partial charge in [0.15, 0.2) is 0 Å². The van der Waals surface area contributed by atoms with Gasteiger partial charge in [-0.1, -0.05) is 0 Å². The number of halogens is 2. The number of hydrogen-bond acceptors (Lipinski definition) is 2. The molecular formula is C8H13F2NO. The highest BCUT2D eigenvalue weighted by atomic mass is 19.3. The zero-order valence-electron chi connectivity index (χ0n) is 7.09. The third-order valence-electron chi connectivity index (χ3n) is 2.00. The van der Waals surface area contributed by atoms with Gasteiger partial charge in [0.2, 0.25) is 0 Å². The molecular weight excluding hydrogens is 164 g/mol. The molecule has 0 N–H and O–H groups in total. The van der Waals surface area contributed by atoms with E-state index in [-0.39, 0.29) is 12.5 Å². The Bertz CT molecular complexity index is 167. The summed E-state index contributed by atoms with van der Waals surface area (Å²) in [6.45, 7) is 1.79. The topological polar surface area (TPSA) is 20.3 Å². The van der Waals surface area contributed by atoms with E-state index in [0.717, 1.165) is 19.6 Å². The average molecular weight is 177 g/mol. The first-order valence-corrected chi connectivity index (χ1v) is 4.07. The fourth-order valence-corrected chi connectivity index (χ4v) is 1.51. The molecule has 1 heterocycles. The van der Waals surface area contributed by atoms with Crippen LogP contribution < -0.4 is 0 Å². The highest BCUT2D eigenvalue weighted by Gasteiger charge is 2.30. The number of hydrogen-bond donors (Lipinski definition) is 0. The maximum atomic E-state index is 12.5. The summed E-state index contributed by atoms with van der Waals surface area (Å²) in [6.07, 6.45) is 1.58. The highest BCUT2D eigenvalue weighted by molar-refractivity contribution is 5.54. The molecule has 0 saturated carbocycles. The first kappa shape index (κ1) is 9.58. The van der Waals surface area contributed by atoms with E-state index >= 15 is 0 Å². The van der Waals surface area contributed by atoms with Crippen LogP contribution >= 0.6 is 0 Å². The van der Waals surface area contributed by atoms with E-state index in [1.54, 1.807) is 4.90 Å². The zero-order valence-corrected chi connectivity index (χ0v) is 7.09. The Morgan fingerprint density at radius 1 is 1.67 bits per heavy atom. The summed E-state index contributed by atoms with van der Waals surface area (Å²) in [4.78, 5) is 11.9. The molecule has 0 amide bonds. The van der Waals surface area contributed by atoms with Gasteiger partial charge in [0, 0.05) is 19.4 Å². The van der Waals surface area contributed by atoms with Crippen molar-refractivity contribution in [3.63, 3.8) is 0 Å². The van der Waals surface area contributed by atoms with Gasteiger partial charge in [0.05, 0.1) is 6.54 Å². The summed E-state index contributed by atoms with van der Waals surface area (Å²) in [5.41, 5.74) is 0. The predicted octanol–water partition coefficient (Wildman–Crippen LogP) is 1.16. The van der Waals surface area contributed by atoms with Gasteiger partial charge in [0.25, 0.3) is 5.92 Å². The van der Waals surface area contributed by atoms with Crippen LogP contribution in [0.25, 0.3) is 0 Å². The van der Waals surface area contributed by atoms with Gasteiger partial charge in [-0.2, -0.15) is 0 Å². The maximum Gasteiger partial charge on any atom is 0.257 e. The first-order chi connectivity index (χ1) is 5.51. The molecule has 1 aliphatic heterocycles. The average Bonchev–Trinajstić information content (AvgIpc) is 2.32. The lowest BCUT2D eigenvalue weighted by molar-refractivity contribution is -0.110. The summed E-state index contributed by atoms with van der Waals surface area (Å²) >= 11 is 0. The Balaban J connectivity index is 2.33. The smallest absolute Gasteiger partial charge is 0.257 e. The van der Waals surface area contributed by atoms with Crippen LogP contribution in [0.1, 0.15) is 13.3 Å². The van der Waals surface area contributed by atoms with Gasteiger partial charge in [-0.15, -0.1) is 0 Å². The molecule has 1 fully saturated rings. The molecule has 1 atom stereocenters. The number of nitrogens with zero attached hydrogens (tertiary/aromatic N) is 1. The molecule has 12 heavy (non-hydrogen) atoms. The minimum absolute atomic E-state index is 0.0349. The molecule has 0 aromatic rings. The van der Waals surface area contributed by atoms with Crippen LogP contribution in [0, 0.1) is 5.92 Å². The van der Waals surface area contributed by atoms with Gasteiger partial charge in [0.1, 0.15) is 6.29 Å². The lowest BCUT2D eigenvalue weighted by Gasteiger charge is -2.19. The van der Waals surface area contributed by atoms with Gasteiger partial charge < -0.3 is 4.79 Å². The fourth-order valence-electron chi connectivity index (χ4n) is 1.51. The summed E-state index contributed by atoms with van der Waals surface area (Å²) in [6, 6.07) is 0. The minimum Gasteiger partial charge on any atom is -0.303 e. The minimum atomic E-state index is -2.64. The Hall–Kier alpha value is -0.510. The number of rotatable bonds is 3. The summed E-state index contributed by atoms with van der Waals surface area (Å²) < 4.78 is 25.0. The van der Waals surface area contributed by atoms with Crippen LogP contribution in [0.4, 0.5) is 8.78 Å². The van der Waals surface area contributed by atoms with Gasteiger partial charge in [-0.25, -0.2) is 8.78 Å². The van der Waals surface area contributed by atoms with Crippen molar-refractivity contribution in [1.29, 1.82) is 0 Å². The Labute approximate surface area is 70.5 Å². The molecule has 1 unspecified atom stereocenters. The van der Waals surface area contributed by atoms with Crippen LogP contribution in [0.2, 0.25) is 0 Å². The lowest BCUT2D eigenvalue weighted by atomic mass is 10.1. The van der Waals surface area contributed by atoms with Crippen molar-refractivity contribution in [2.45, 2.75) is 19.3 Å². The third-order valence-corrected chi connectivity index (χ3v) is 2.00. The molecule has 0 bridgehead atoms. The van der Waals surface area contributed by atoms with E-state index in [1.165, 1.54) is 0 Å². The molecule has 1 saturated heterocycles. The molecule has 0 radical (unpaired) electrons. The first-order valence-electron chi connectivity index (χ1n) is 4.07. The van der Waals surface area contributed by atoms with Crippen molar-refractivity contribution in [2.75, 3.05) is 19.6 Å². The zero-order chi connectivity index (χ0) is 9.19. The van der Waals surface area contributed by atoms with Crippen molar-refractivity contribution in [1.82, 2.24) is 4.90 Å². The van der Waals surface area contributed by atoms with E-state index in [4.69, 9.17) is 0 Å². The molecule has 1 aliphatic rings. The summed E-state index contributed by atoms with van der Waals surface area (Å²) in [7, 11) is 0. The van der Waals surface area contributed by atoms with Crippen LogP contribution in [0.15, 0.2) is 0 Å². The van der Waals surface area contributed by atoms with Crippen molar-refractivity contribution in [3.8, 4) is 0 Å². The second-order valence-electron chi connectivity index (χ2n) is 3.49. The fraction of sp³-hybridized carbons (Fsp3) is 0.875. The SMILES string of the molecule is CC(F)(F)CN1CCC(C=O)C1. The van der Waals surface area contributed by atoms with Gasteiger partial charge in [-0.05, 0) is 13.0 Å². The second-order valence-corrected chi connectivity index (χ2v) is 3.49. The number of carbonyl (C=O) groups excluding carboxylic acids is 1. The van der Waals surface area contributed by atoms with E-state index in [1.807, 2.05) is 0 Å². The molecule has 1 rings (SSSR count). The van der Waals surface area contributed by atoms with Crippen molar-refractivity contribution < 1.29 is 13.6 Å². The Morgan fingerprint density at radius 2 is 2.33 bits per heavy atom. The van der Waals surface area contributed by atoms with E-state index in [0.29, 0.717) is 13.1 Å². The molecule has 0 aromatic carbocycles. The maximum absolute atomic E-state index is 12.5. The largest absolute Gasteiger partial charge is 0.303 e. The van der Waals surface area contributed by atoms with Gasteiger partial charge in [-0.3, -0.25) is 4.90 Å². The lowest BCUT2D eigenvalue weighted by Crippen LogP contribution is -2.33. The molecule has 0 spiro atoms. The normalized spacial score (nSPS) is 26.1. The predicted molar refractivity (Wildman–Crippen MR) is 41.2 cm³/mol. The van der Waals surface area contributed by atoms with Crippen molar-refractivity contribution >= 4 is 6.29 Å². The highest BCUT2D eigenvalue weighted by Crippen LogP contribution is 2.19. The molecule has 2 nitrogen and oxygen atoms in total. The summed E-state index contributed by atoms with van der Waals surface area (Å²) in [5, 5.41) is 0. The van der Waals surface area contributed by atoms with E-state index < -0.39 is 5.92 Å². The van der Waals surface area contributed by atoms with E-state index in [2.05, 4.69) is 0 Å². The monoisotopic (exact) mass is 177 g/mol. The standard InChI is InChI=1S/C8H13F2NO/c1-8(9,10)6-11-3-2-7(4-11)5-12/h5,7H,2-4,6H2,1H3. The summed E-state index contributed by atoms with van der Waals surface area (Å²) in [5.74, 6) is -2.68. The number of aldehydes is 1. The molecule has 0 aliphatic carbocycles. The van der Waals surface area contributed by atoms with Crippen LogP contribution in [0.5, 0.6) is 0 Å². The van der Waals surface area contributed by atoms with Crippen LogP contribution in [-0.4, -0.2) is 36.7 Å². The van der Waals surface area contributed by atoms with Crippen molar-refractivity contribution in [3.05, 3.63) is 0 Å². The number of carbonyl (C=O) groups is 1. The van der Waals surface area contributed by atoms with E-state index in [9.17, 15) is 13.6 Å². The quantitative estimate of drug-likeness (QED) is 0.603.